The monoisotopic (exact) mass is 435 g/mol. The second kappa shape index (κ2) is 8.48. The molecular formula is C21H23F2N3O3S. The molecule has 0 radical (unpaired) electrons. The molecule has 1 heterocycles. The van der Waals surface area contributed by atoms with Gasteiger partial charge < -0.3 is 9.30 Å². The Bertz CT molecular complexity index is 1160. The molecule has 1 unspecified atom stereocenters. The molecule has 0 bridgehead atoms. The zero-order valence-electron chi connectivity index (χ0n) is 16.9. The minimum Gasteiger partial charge on any atom is -0.435 e. The first kappa shape index (κ1) is 21.8. The molecular weight excluding hydrogens is 412 g/mol. The van der Waals surface area contributed by atoms with E-state index in [0.29, 0.717) is 35.1 Å². The van der Waals surface area contributed by atoms with Crippen molar-refractivity contribution in [2.75, 3.05) is 0 Å². The van der Waals surface area contributed by atoms with Gasteiger partial charge >= 0.3 is 6.61 Å². The molecule has 0 saturated carbocycles. The van der Waals surface area contributed by atoms with Crippen LogP contribution in [0.5, 0.6) is 5.75 Å². The van der Waals surface area contributed by atoms with Gasteiger partial charge in [0, 0.05) is 35.3 Å². The third-order valence-corrected chi connectivity index (χ3v) is 6.82. The smallest absolute Gasteiger partial charge is 0.387 e. The van der Waals surface area contributed by atoms with E-state index in [9.17, 15) is 22.5 Å². The average molecular weight is 435 g/mol. The van der Waals surface area contributed by atoms with Crippen LogP contribution in [0.3, 0.4) is 0 Å². The fourth-order valence-corrected chi connectivity index (χ4v) is 4.27. The molecule has 0 aliphatic heterocycles. The predicted octanol–water partition coefficient (Wildman–Crippen LogP) is 4.39. The van der Waals surface area contributed by atoms with Gasteiger partial charge in [0.15, 0.2) is 0 Å². The summed E-state index contributed by atoms with van der Waals surface area (Å²) in [5, 5.41) is 9.90. The lowest BCUT2D eigenvalue weighted by Crippen LogP contribution is -2.30. The molecule has 2 aromatic rings. The Labute approximate surface area is 174 Å². The van der Waals surface area contributed by atoms with E-state index >= 15 is 0 Å². The van der Waals surface area contributed by atoms with Crippen LogP contribution in [0.25, 0.3) is 10.9 Å². The van der Waals surface area contributed by atoms with Crippen molar-refractivity contribution in [1.82, 2.24) is 9.29 Å². The Balaban J connectivity index is 1.99. The SMILES string of the molecule is CCn1c(C2C=CC(NS(=O)(=O)C(C)C)=CC2)c(C#N)c2ccc(OC(F)F)cc21. The van der Waals surface area contributed by atoms with Crippen molar-refractivity contribution in [1.29, 1.82) is 5.26 Å². The topological polar surface area (TPSA) is 84.1 Å². The molecule has 1 aromatic heterocycles. The highest BCUT2D eigenvalue weighted by molar-refractivity contribution is 7.90. The number of hydrogen-bond acceptors (Lipinski definition) is 4. The summed E-state index contributed by atoms with van der Waals surface area (Å²) in [5.41, 5.74) is 2.38. The zero-order chi connectivity index (χ0) is 22.1. The Kier molecular flexibility index (Phi) is 6.17. The number of nitriles is 1. The highest BCUT2D eigenvalue weighted by Crippen LogP contribution is 2.37. The number of halogens is 2. The third kappa shape index (κ3) is 4.19. The third-order valence-electron chi connectivity index (χ3n) is 5.06. The molecule has 160 valence electrons. The molecule has 0 fully saturated rings. The van der Waals surface area contributed by atoms with Gasteiger partial charge in [0.25, 0.3) is 0 Å². The van der Waals surface area contributed by atoms with Crippen molar-refractivity contribution in [2.24, 2.45) is 0 Å². The second-order valence-corrected chi connectivity index (χ2v) is 9.47. The lowest BCUT2D eigenvalue weighted by atomic mass is 9.93. The Morgan fingerprint density at radius 1 is 1.37 bits per heavy atom. The lowest BCUT2D eigenvalue weighted by Gasteiger charge is -2.20. The van der Waals surface area contributed by atoms with Crippen LogP contribution in [0.15, 0.2) is 42.1 Å². The lowest BCUT2D eigenvalue weighted by molar-refractivity contribution is -0.0497. The molecule has 1 aromatic carbocycles. The van der Waals surface area contributed by atoms with Crippen LogP contribution < -0.4 is 9.46 Å². The molecule has 1 N–H and O–H groups in total. The highest BCUT2D eigenvalue weighted by Gasteiger charge is 2.25. The maximum atomic E-state index is 12.6. The van der Waals surface area contributed by atoms with Gasteiger partial charge in [-0.25, -0.2) is 8.42 Å². The van der Waals surface area contributed by atoms with Crippen molar-refractivity contribution >= 4 is 20.9 Å². The number of aromatic nitrogens is 1. The van der Waals surface area contributed by atoms with Crippen molar-refractivity contribution < 1.29 is 21.9 Å². The van der Waals surface area contributed by atoms with Gasteiger partial charge in [0.2, 0.25) is 10.0 Å². The molecule has 9 heteroatoms. The number of nitrogens with zero attached hydrogens (tertiary/aromatic N) is 2. The van der Waals surface area contributed by atoms with Gasteiger partial charge in [-0.3, -0.25) is 4.72 Å². The van der Waals surface area contributed by atoms with Crippen molar-refractivity contribution in [3.8, 4) is 11.8 Å². The van der Waals surface area contributed by atoms with E-state index in [-0.39, 0.29) is 11.7 Å². The maximum absolute atomic E-state index is 12.6. The van der Waals surface area contributed by atoms with Gasteiger partial charge in [-0.1, -0.05) is 12.2 Å². The summed E-state index contributed by atoms with van der Waals surface area (Å²) in [6.45, 7) is 2.72. The number of sulfonamides is 1. The van der Waals surface area contributed by atoms with E-state index < -0.39 is 21.9 Å². The van der Waals surface area contributed by atoms with E-state index in [4.69, 9.17) is 0 Å². The number of aryl methyl sites for hydroxylation is 1. The number of fused-ring (bicyclic) bond motifs is 1. The van der Waals surface area contributed by atoms with Crippen LogP contribution in [0.4, 0.5) is 8.78 Å². The number of benzene rings is 1. The van der Waals surface area contributed by atoms with E-state index in [0.717, 1.165) is 5.69 Å². The van der Waals surface area contributed by atoms with E-state index in [2.05, 4.69) is 15.5 Å². The number of alkyl halides is 2. The largest absolute Gasteiger partial charge is 0.435 e. The van der Waals surface area contributed by atoms with Crippen LogP contribution in [0, 0.1) is 11.3 Å². The maximum Gasteiger partial charge on any atom is 0.387 e. The van der Waals surface area contributed by atoms with Crippen molar-refractivity contribution in [3.05, 3.63) is 53.4 Å². The minimum absolute atomic E-state index is 0.0326. The molecule has 0 amide bonds. The van der Waals surface area contributed by atoms with Crippen LogP contribution in [-0.4, -0.2) is 24.8 Å². The molecule has 6 nitrogen and oxygen atoms in total. The summed E-state index contributed by atoms with van der Waals surface area (Å²) in [4.78, 5) is 0. The van der Waals surface area contributed by atoms with E-state index in [1.807, 2.05) is 17.6 Å². The Morgan fingerprint density at radius 3 is 2.63 bits per heavy atom. The van der Waals surface area contributed by atoms with Gasteiger partial charge in [0.05, 0.1) is 16.3 Å². The summed E-state index contributed by atoms with van der Waals surface area (Å²) < 4.78 is 58.4. The first-order chi connectivity index (χ1) is 14.2. The average Bonchev–Trinajstić information content (AvgIpc) is 3.00. The normalized spacial score (nSPS) is 16.7. The quantitative estimate of drug-likeness (QED) is 0.699. The number of ether oxygens (including phenoxy) is 1. The van der Waals surface area contributed by atoms with Gasteiger partial charge in [-0.05, 0) is 45.4 Å². The molecule has 0 spiro atoms. The summed E-state index contributed by atoms with van der Waals surface area (Å²) in [5.74, 6) is -0.121. The number of nitrogens with one attached hydrogen (secondary N) is 1. The molecule has 1 atom stereocenters. The van der Waals surface area contributed by atoms with Crippen LogP contribution in [0.1, 0.15) is 44.4 Å². The summed E-state index contributed by atoms with van der Waals surface area (Å²) in [7, 11) is -3.44. The Morgan fingerprint density at radius 2 is 2.10 bits per heavy atom. The zero-order valence-corrected chi connectivity index (χ0v) is 17.7. The highest BCUT2D eigenvalue weighted by atomic mass is 32.2. The van der Waals surface area contributed by atoms with E-state index in [1.165, 1.54) is 12.1 Å². The molecule has 0 saturated heterocycles. The van der Waals surface area contributed by atoms with Gasteiger partial charge in [-0.2, -0.15) is 14.0 Å². The standard InChI is InChI=1S/C21H23F2N3O3S/c1-4-26-19-11-16(29-21(22)23)9-10-17(19)18(12-24)20(26)14-5-7-15(8-6-14)25-30(27,28)13(2)3/h5,7-11,13-14,21,25H,4,6H2,1-3H3. The predicted molar refractivity (Wildman–Crippen MR) is 111 cm³/mol. The van der Waals surface area contributed by atoms with Crippen molar-refractivity contribution in [3.63, 3.8) is 0 Å². The number of hydrogen-bond donors (Lipinski definition) is 1. The molecule has 30 heavy (non-hydrogen) atoms. The number of rotatable bonds is 7. The fraction of sp³-hybridized carbons (Fsp3) is 0.381. The second-order valence-electron chi connectivity index (χ2n) is 7.23. The minimum atomic E-state index is -3.44. The summed E-state index contributed by atoms with van der Waals surface area (Å²) >= 11 is 0. The fourth-order valence-electron chi connectivity index (χ4n) is 3.55. The first-order valence-corrected chi connectivity index (χ1v) is 11.1. The van der Waals surface area contributed by atoms with Crippen LogP contribution >= 0.6 is 0 Å². The summed E-state index contributed by atoms with van der Waals surface area (Å²) in [6.07, 6.45) is 5.83. The van der Waals surface area contributed by atoms with Gasteiger partial charge in [0.1, 0.15) is 11.8 Å². The molecule has 1 aliphatic carbocycles. The first-order valence-electron chi connectivity index (χ1n) is 9.59. The Hall–Kier alpha value is -2.86. The molecule has 3 rings (SSSR count). The van der Waals surface area contributed by atoms with E-state index in [1.54, 1.807) is 32.1 Å². The van der Waals surface area contributed by atoms with Crippen molar-refractivity contribution in [2.45, 2.75) is 51.5 Å². The van der Waals surface area contributed by atoms with Crippen LogP contribution in [-0.2, 0) is 16.6 Å². The number of allylic oxidation sites excluding steroid dienone is 3. The molecule has 1 aliphatic rings. The van der Waals surface area contributed by atoms with Crippen LogP contribution in [0.2, 0.25) is 0 Å². The van der Waals surface area contributed by atoms with Gasteiger partial charge in [-0.15, -0.1) is 0 Å². The summed E-state index contributed by atoms with van der Waals surface area (Å²) in [6, 6.07) is 6.80.